The van der Waals surface area contributed by atoms with Gasteiger partial charge in [0.1, 0.15) is 18.5 Å². The molecule has 7 nitrogen and oxygen atoms in total. The first-order valence-corrected chi connectivity index (χ1v) is 10.7. The highest BCUT2D eigenvalue weighted by molar-refractivity contribution is 5.82. The summed E-state index contributed by atoms with van der Waals surface area (Å²) >= 11 is 0. The zero-order valence-electron chi connectivity index (χ0n) is 17.8. The lowest BCUT2D eigenvalue weighted by atomic mass is 10.2. The second-order valence-electron chi connectivity index (χ2n) is 7.88. The van der Waals surface area contributed by atoms with Crippen molar-refractivity contribution in [3.05, 3.63) is 66.0 Å². The van der Waals surface area contributed by atoms with E-state index in [0.29, 0.717) is 26.1 Å². The molecular formula is C24H28N4O3. The summed E-state index contributed by atoms with van der Waals surface area (Å²) in [5.74, 6) is 0.728. The number of hydrogen-bond donors (Lipinski definition) is 1. The van der Waals surface area contributed by atoms with E-state index in [4.69, 9.17) is 9.72 Å². The van der Waals surface area contributed by atoms with Gasteiger partial charge in [0.25, 0.3) is 0 Å². The Kier molecular flexibility index (Phi) is 6.62. The predicted molar refractivity (Wildman–Crippen MR) is 118 cm³/mol. The van der Waals surface area contributed by atoms with Gasteiger partial charge in [-0.25, -0.2) is 4.98 Å². The first kappa shape index (κ1) is 21.1. The summed E-state index contributed by atoms with van der Waals surface area (Å²) in [5, 5.41) is 2.94. The van der Waals surface area contributed by atoms with Crippen LogP contribution in [0.3, 0.4) is 0 Å². The van der Waals surface area contributed by atoms with E-state index in [9.17, 15) is 9.59 Å². The molecule has 1 unspecified atom stereocenters. The van der Waals surface area contributed by atoms with Gasteiger partial charge in [-0.05, 0) is 30.5 Å². The number of likely N-dealkylation sites (N-methyl/N-ethyl adjacent to an activating group) is 1. The van der Waals surface area contributed by atoms with Crippen molar-refractivity contribution in [1.82, 2.24) is 19.8 Å². The number of para-hydroxylation sites is 2. The number of hydrogen-bond acceptors (Lipinski definition) is 4. The fraction of sp³-hybridized carbons (Fsp3) is 0.375. The van der Waals surface area contributed by atoms with Crippen LogP contribution in [0, 0.1) is 0 Å². The molecule has 1 fully saturated rings. The van der Waals surface area contributed by atoms with E-state index in [0.717, 1.165) is 35.3 Å². The Morgan fingerprint density at radius 3 is 2.71 bits per heavy atom. The van der Waals surface area contributed by atoms with Crippen LogP contribution in [0.2, 0.25) is 0 Å². The lowest BCUT2D eigenvalue weighted by molar-refractivity contribution is -0.131. The highest BCUT2D eigenvalue weighted by Gasteiger charge is 2.23. The number of carbonyl (C=O) groups excluding carboxylic acids is 2. The Balaban J connectivity index is 1.44. The van der Waals surface area contributed by atoms with Crippen LogP contribution in [0.15, 0.2) is 54.6 Å². The molecule has 0 aliphatic carbocycles. The molecular weight excluding hydrogens is 392 g/mol. The Morgan fingerprint density at radius 1 is 1.16 bits per heavy atom. The molecule has 1 saturated heterocycles. The minimum absolute atomic E-state index is 0.0108. The molecule has 1 atom stereocenters. The minimum atomic E-state index is -0.341. The summed E-state index contributed by atoms with van der Waals surface area (Å²) < 4.78 is 7.39. The van der Waals surface area contributed by atoms with Gasteiger partial charge >= 0.3 is 0 Å². The van der Waals surface area contributed by atoms with Crippen LogP contribution < -0.4 is 5.32 Å². The van der Waals surface area contributed by atoms with Crippen LogP contribution in [0.4, 0.5) is 0 Å². The largest absolute Gasteiger partial charge is 0.368 e. The Hall–Kier alpha value is -3.19. The van der Waals surface area contributed by atoms with Gasteiger partial charge in [0.15, 0.2) is 0 Å². The van der Waals surface area contributed by atoms with Crippen molar-refractivity contribution in [2.45, 2.75) is 38.5 Å². The second-order valence-corrected chi connectivity index (χ2v) is 7.88. The normalized spacial score (nSPS) is 15.8. The highest BCUT2D eigenvalue weighted by Crippen LogP contribution is 2.17. The van der Waals surface area contributed by atoms with Crippen molar-refractivity contribution in [3.8, 4) is 0 Å². The average Bonchev–Trinajstić information content (AvgIpc) is 3.43. The maximum Gasteiger partial charge on any atom is 0.249 e. The number of benzene rings is 2. The van der Waals surface area contributed by atoms with E-state index in [1.165, 1.54) is 0 Å². The summed E-state index contributed by atoms with van der Waals surface area (Å²) in [7, 11) is 1.82. The monoisotopic (exact) mass is 420 g/mol. The Bertz CT molecular complexity index is 1040. The van der Waals surface area contributed by atoms with Gasteiger partial charge in [0.05, 0.1) is 11.0 Å². The second kappa shape index (κ2) is 9.75. The number of fused-ring (bicyclic) bond motifs is 1. The van der Waals surface area contributed by atoms with Crippen LogP contribution in [0.25, 0.3) is 11.0 Å². The summed E-state index contributed by atoms with van der Waals surface area (Å²) in [6, 6.07) is 17.7. The maximum atomic E-state index is 13.0. The van der Waals surface area contributed by atoms with E-state index in [1.54, 1.807) is 4.90 Å². The highest BCUT2D eigenvalue weighted by atomic mass is 16.5. The van der Waals surface area contributed by atoms with Gasteiger partial charge < -0.3 is 19.5 Å². The number of imidazole rings is 1. The molecule has 31 heavy (non-hydrogen) atoms. The van der Waals surface area contributed by atoms with Crippen molar-refractivity contribution in [2.24, 2.45) is 0 Å². The van der Waals surface area contributed by atoms with Gasteiger partial charge in [0, 0.05) is 33.2 Å². The van der Waals surface area contributed by atoms with Gasteiger partial charge in [0.2, 0.25) is 11.8 Å². The first-order chi connectivity index (χ1) is 15.1. The quantitative estimate of drug-likeness (QED) is 0.608. The molecule has 7 heteroatoms. The van der Waals surface area contributed by atoms with Crippen molar-refractivity contribution in [2.75, 3.05) is 20.2 Å². The first-order valence-electron chi connectivity index (χ1n) is 10.7. The molecule has 162 valence electrons. The summed E-state index contributed by atoms with van der Waals surface area (Å²) in [6.07, 6.45) is 1.90. The molecule has 4 rings (SSSR count). The van der Waals surface area contributed by atoms with Gasteiger partial charge in [-0.3, -0.25) is 9.59 Å². The van der Waals surface area contributed by atoms with Crippen molar-refractivity contribution in [3.63, 3.8) is 0 Å². The van der Waals surface area contributed by atoms with Gasteiger partial charge in [-0.15, -0.1) is 0 Å². The zero-order valence-corrected chi connectivity index (χ0v) is 17.8. The van der Waals surface area contributed by atoms with E-state index in [-0.39, 0.29) is 24.5 Å². The van der Waals surface area contributed by atoms with E-state index in [1.807, 2.05) is 66.2 Å². The van der Waals surface area contributed by atoms with Crippen molar-refractivity contribution < 1.29 is 14.3 Å². The van der Waals surface area contributed by atoms with E-state index >= 15 is 0 Å². The molecule has 0 radical (unpaired) electrons. The molecule has 1 aromatic heterocycles. The fourth-order valence-electron chi connectivity index (χ4n) is 3.89. The molecule has 3 aromatic rings. The molecule has 1 aliphatic rings. The van der Waals surface area contributed by atoms with Crippen LogP contribution in [0.5, 0.6) is 0 Å². The maximum absolute atomic E-state index is 13.0. The summed E-state index contributed by atoms with van der Waals surface area (Å²) in [4.78, 5) is 31.6. The van der Waals surface area contributed by atoms with Gasteiger partial charge in [-0.2, -0.15) is 0 Å². The molecule has 1 N–H and O–H groups in total. The molecule has 0 saturated carbocycles. The van der Waals surface area contributed by atoms with Crippen LogP contribution >= 0.6 is 0 Å². The smallest absolute Gasteiger partial charge is 0.249 e. The number of aromatic nitrogens is 2. The lowest BCUT2D eigenvalue weighted by Crippen LogP contribution is -2.36. The third-order valence-electron chi connectivity index (χ3n) is 5.59. The van der Waals surface area contributed by atoms with Crippen LogP contribution in [0.1, 0.15) is 24.2 Å². The number of carbonyl (C=O) groups is 2. The fourth-order valence-corrected chi connectivity index (χ4v) is 3.89. The third-order valence-corrected chi connectivity index (χ3v) is 5.59. The zero-order chi connectivity index (χ0) is 21.6. The number of amides is 2. The molecule has 0 spiro atoms. The van der Waals surface area contributed by atoms with Crippen molar-refractivity contribution in [1.29, 1.82) is 0 Å². The number of nitrogens with zero attached hydrogens (tertiary/aromatic N) is 3. The Labute approximate surface area is 182 Å². The topological polar surface area (TPSA) is 76.5 Å². The van der Waals surface area contributed by atoms with Crippen LogP contribution in [-0.4, -0.2) is 52.6 Å². The number of rotatable bonds is 8. The van der Waals surface area contributed by atoms with Crippen LogP contribution in [-0.2, 0) is 33.8 Å². The summed E-state index contributed by atoms with van der Waals surface area (Å²) in [5.41, 5.74) is 2.86. The third kappa shape index (κ3) is 5.11. The lowest BCUT2D eigenvalue weighted by Gasteiger charge is -2.19. The standard InChI is InChI=1S/C24H28N4O3/c1-27(16-18-8-3-2-4-9-18)23(29)17-28-20-11-6-5-10-19(20)26-22(28)13-14-25-24(30)21-12-7-15-31-21/h2-6,8-11,21H,7,12-17H2,1H3,(H,25,30). The molecule has 0 bridgehead atoms. The molecule has 1 aliphatic heterocycles. The molecule has 2 aromatic carbocycles. The summed E-state index contributed by atoms with van der Waals surface area (Å²) in [6.45, 7) is 1.86. The number of nitrogens with one attached hydrogen (secondary N) is 1. The van der Waals surface area contributed by atoms with Gasteiger partial charge in [-0.1, -0.05) is 42.5 Å². The van der Waals surface area contributed by atoms with E-state index < -0.39 is 0 Å². The Morgan fingerprint density at radius 2 is 1.94 bits per heavy atom. The number of ether oxygens (including phenoxy) is 1. The molecule has 2 amide bonds. The average molecular weight is 421 g/mol. The molecule has 2 heterocycles. The SMILES string of the molecule is CN(Cc1ccccc1)C(=O)Cn1c(CCNC(=O)C2CCCO2)nc2ccccc21. The van der Waals surface area contributed by atoms with Crippen molar-refractivity contribution >= 4 is 22.8 Å². The predicted octanol–water partition coefficient (Wildman–Crippen LogP) is 2.53. The minimum Gasteiger partial charge on any atom is -0.368 e. The van der Waals surface area contributed by atoms with E-state index in [2.05, 4.69) is 5.32 Å².